The summed E-state index contributed by atoms with van der Waals surface area (Å²) in [5, 5.41) is 0. The molecule has 0 amide bonds. The number of rotatable bonds is 2. The molecule has 0 aromatic heterocycles. The molecule has 2 aliphatic rings. The topological polar surface area (TPSA) is 37.4 Å². The van der Waals surface area contributed by atoms with Crippen LogP contribution in [0.3, 0.4) is 0 Å². The zero-order chi connectivity index (χ0) is 15.0. The highest BCUT2D eigenvalue weighted by Crippen LogP contribution is 2.39. The molecule has 3 nitrogen and oxygen atoms in total. The Labute approximate surface area is 133 Å². The van der Waals surface area contributed by atoms with Crippen LogP contribution < -0.4 is 0 Å². The van der Waals surface area contributed by atoms with Gasteiger partial charge in [-0.2, -0.15) is 4.31 Å². The molecule has 0 bridgehead atoms. The summed E-state index contributed by atoms with van der Waals surface area (Å²) in [5.41, 5.74) is 0. The van der Waals surface area contributed by atoms with Gasteiger partial charge in [-0.3, -0.25) is 0 Å². The first kappa shape index (κ1) is 15.4. The maximum absolute atomic E-state index is 13.2. The summed E-state index contributed by atoms with van der Waals surface area (Å²) in [6, 6.07) is 3.91. The molecule has 0 spiro atoms. The standard InChI is InChI=1S/C15H19BrFNO2S/c16-13-10-12(17)7-8-15(13)21(19,20)18-9-3-5-11-4-1-2-6-14(11)18/h7-8,10-11,14H,1-6,9H2/t11-,14-/m1/s1. The van der Waals surface area contributed by atoms with Gasteiger partial charge in [-0.1, -0.05) is 12.8 Å². The van der Waals surface area contributed by atoms with E-state index >= 15 is 0 Å². The molecule has 0 radical (unpaired) electrons. The van der Waals surface area contributed by atoms with Crippen LogP contribution in [0, 0.1) is 11.7 Å². The molecular weight excluding hydrogens is 357 g/mol. The van der Waals surface area contributed by atoms with E-state index in [0.717, 1.165) is 32.1 Å². The summed E-state index contributed by atoms with van der Waals surface area (Å²) in [4.78, 5) is 0.176. The molecular formula is C15H19BrFNO2S. The van der Waals surface area contributed by atoms with Gasteiger partial charge in [0.25, 0.3) is 0 Å². The van der Waals surface area contributed by atoms with E-state index in [4.69, 9.17) is 0 Å². The fourth-order valence-electron chi connectivity index (χ4n) is 3.69. The summed E-state index contributed by atoms with van der Waals surface area (Å²) >= 11 is 3.19. The van der Waals surface area contributed by atoms with E-state index in [-0.39, 0.29) is 10.9 Å². The van der Waals surface area contributed by atoms with Gasteiger partial charge in [-0.15, -0.1) is 0 Å². The third kappa shape index (κ3) is 2.90. The summed E-state index contributed by atoms with van der Waals surface area (Å²) < 4.78 is 41.1. The van der Waals surface area contributed by atoms with E-state index < -0.39 is 15.8 Å². The average Bonchev–Trinajstić information content (AvgIpc) is 2.46. The van der Waals surface area contributed by atoms with Gasteiger partial charge in [-0.25, -0.2) is 12.8 Å². The number of fused-ring (bicyclic) bond motifs is 1. The SMILES string of the molecule is O=S(=O)(c1ccc(F)cc1Br)N1CCC[C@H]2CCCC[C@H]21. The zero-order valence-corrected chi connectivity index (χ0v) is 14.2. The van der Waals surface area contributed by atoms with Crippen LogP contribution in [0.5, 0.6) is 0 Å². The van der Waals surface area contributed by atoms with Crippen molar-refractivity contribution < 1.29 is 12.8 Å². The van der Waals surface area contributed by atoms with E-state index in [1.54, 1.807) is 4.31 Å². The van der Waals surface area contributed by atoms with E-state index in [1.807, 2.05) is 0 Å². The highest BCUT2D eigenvalue weighted by atomic mass is 79.9. The van der Waals surface area contributed by atoms with E-state index in [2.05, 4.69) is 15.9 Å². The third-order valence-electron chi connectivity index (χ3n) is 4.67. The fraction of sp³-hybridized carbons (Fsp3) is 0.600. The highest BCUT2D eigenvalue weighted by molar-refractivity contribution is 9.10. The zero-order valence-electron chi connectivity index (χ0n) is 11.8. The molecule has 2 atom stereocenters. The van der Waals surface area contributed by atoms with Gasteiger partial charge in [0, 0.05) is 17.1 Å². The minimum Gasteiger partial charge on any atom is -0.207 e. The van der Waals surface area contributed by atoms with Crippen molar-refractivity contribution in [2.45, 2.75) is 49.5 Å². The lowest BCUT2D eigenvalue weighted by Crippen LogP contribution is -2.49. The molecule has 2 fully saturated rings. The molecule has 6 heteroatoms. The quantitative estimate of drug-likeness (QED) is 0.784. The lowest BCUT2D eigenvalue weighted by molar-refractivity contribution is 0.129. The molecule has 116 valence electrons. The Hall–Kier alpha value is -0.460. The first-order chi connectivity index (χ1) is 10.00. The van der Waals surface area contributed by atoms with Crippen molar-refractivity contribution in [2.24, 2.45) is 5.92 Å². The van der Waals surface area contributed by atoms with Crippen molar-refractivity contribution in [1.29, 1.82) is 0 Å². The van der Waals surface area contributed by atoms with E-state index in [0.29, 0.717) is 16.9 Å². The molecule has 3 rings (SSSR count). The predicted octanol–water partition coefficient (Wildman–Crippen LogP) is 3.93. The minimum absolute atomic E-state index is 0.120. The summed E-state index contributed by atoms with van der Waals surface area (Å²) in [6.07, 6.45) is 6.41. The maximum atomic E-state index is 13.2. The van der Waals surface area contributed by atoms with E-state index in [1.165, 1.54) is 24.6 Å². The molecule has 1 aliphatic carbocycles. The molecule has 1 aromatic rings. The number of benzene rings is 1. The lowest BCUT2D eigenvalue weighted by Gasteiger charge is -2.43. The average molecular weight is 376 g/mol. The highest BCUT2D eigenvalue weighted by Gasteiger charge is 2.40. The Morgan fingerprint density at radius 3 is 2.62 bits per heavy atom. The first-order valence-corrected chi connectivity index (χ1v) is 9.70. The Morgan fingerprint density at radius 1 is 1.14 bits per heavy atom. The van der Waals surface area contributed by atoms with Gasteiger partial charge < -0.3 is 0 Å². The van der Waals surface area contributed by atoms with Crippen molar-refractivity contribution in [2.75, 3.05) is 6.54 Å². The minimum atomic E-state index is -3.56. The predicted molar refractivity (Wildman–Crippen MR) is 83.0 cm³/mol. The van der Waals surface area contributed by atoms with Crippen LogP contribution >= 0.6 is 15.9 Å². The van der Waals surface area contributed by atoms with Gasteiger partial charge in [0.1, 0.15) is 5.82 Å². The van der Waals surface area contributed by atoms with Crippen molar-refractivity contribution in [3.05, 3.63) is 28.5 Å². The first-order valence-electron chi connectivity index (χ1n) is 7.47. The van der Waals surface area contributed by atoms with Gasteiger partial charge in [0.2, 0.25) is 10.0 Å². The molecule has 1 aliphatic heterocycles. The normalized spacial score (nSPS) is 27.3. The molecule has 0 N–H and O–H groups in total. The van der Waals surface area contributed by atoms with Crippen molar-refractivity contribution >= 4 is 26.0 Å². The second-order valence-corrected chi connectivity index (χ2v) is 8.66. The van der Waals surface area contributed by atoms with Gasteiger partial charge in [-0.05, 0) is 65.7 Å². The Bertz CT molecular complexity index is 633. The molecule has 1 saturated heterocycles. The van der Waals surface area contributed by atoms with Crippen molar-refractivity contribution in [3.63, 3.8) is 0 Å². The van der Waals surface area contributed by atoms with Crippen molar-refractivity contribution in [3.8, 4) is 0 Å². The van der Waals surface area contributed by atoms with Gasteiger partial charge in [0.15, 0.2) is 0 Å². The van der Waals surface area contributed by atoms with E-state index in [9.17, 15) is 12.8 Å². The van der Waals surface area contributed by atoms with Crippen LogP contribution in [-0.2, 0) is 10.0 Å². The molecule has 1 saturated carbocycles. The van der Waals surface area contributed by atoms with Crippen LogP contribution in [0.15, 0.2) is 27.6 Å². The number of halogens is 2. The summed E-state index contributed by atoms with van der Waals surface area (Å²) in [7, 11) is -3.56. The monoisotopic (exact) mass is 375 g/mol. The number of nitrogens with zero attached hydrogens (tertiary/aromatic N) is 1. The van der Waals surface area contributed by atoms with Crippen molar-refractivity contribution in [1.82, 2.24) is 4.31 Å². The maximum Gasteiger partial charge on any atom is 0.244 e. The molecule has 1 aromatic carbocycles. The van der Waals surface area contributed by atoms with Gasteiger partial charge >= 0.3 is 0 Å². The molecule has 21 heavy (non-hydrogen) atoms. The third-order valence-corrected chi connectivity index (χ3v) is 7.57. The Kier molecular flexibility index (Phi) is 4.39. The number of hydrogen-bond donors (Lipinski definition) is 0. The van der Waals surface area contributed by atoms with Crippen LogP contribution in [0.25, 0.3) is 0 Å². The second kappa shape index (κ2) is 5.97. The number of piperidine rings is 1. The number of hydrogen-bond acceptors (Lipinski definition) is 2. The fourth-order valence-corrected chi connectivity index (χ4v) is 6.45. The van der Waals surface area contributed by atoms with Crippen LogP contribution in [0.2, 0.25) is 0 Å². The van der Waals surface area contributed by atoms with Crippen LogP contribution in [-0.4, -0.2) is 25.3 Å². The largest absolute Gasteiger partial charge is 0.244 e. The molecule has 0 unspecified atom stereocenters. The van der Waals surface area contributed by atoms with Gasteiger partial charge in [0.05, 0.1) is 4.90 Å². The smallest absolute Gasteiger partial charge is 0.207 e. The summed E-state index contributed by atoms with van der Waals surface area (Å²) in [5.74, 6) is 0.0523. The number of sulfonamides is 1. The second-order valence-electron chi connectivity index (χ2n) is 5.94. The van der Waals surface area contributed by atoms with Crippen LogP contribution in [0.1, 0.15) is 38.5 Å². The summed E-state index contributed by atoms with van der Waals surface area (Å²) in [6.45, 7) is 0.577. The Balaban J connectivity index is 1.96. The Morgan fingerprint density at radius 2 is 1.86 bits per heavy atom. The molecule has 1 heterocycles. The lowest BCUT2D eigenvalue weighted by atomic mass is 9.79. The van der Waals surface area contributed by atoms with Crippen LogP contribution in [0.4, 0.5) is 4.39 Å².